The molecule has 0 radical (unpaired) electrons. The van der Waals surface area contributed by atoms with E-state index >= 15 is 0 Å². The van der Waals surface area contributed by atoms with Crippen molar-refractivity contribution in [1.82, 2.24) is 5.32 Å². The maximum absolute atomic E-state index is 13.5. The quantitative estimate of drug-likeness (QED) is 0.0199. The second-order valence-electron chi connectivity index (χ2n) is 30.3. The average molecular weight is 1480 g/mol. The molecule has 3 aliphatic heterocycles. The van der Waals surface area contributed by atoms with Gasteiger partial charge in [0.05, 0.1) is 38.6 Å². The first-order valence-electron chi connectivity index (χ1n) is 42.5. The molecule has 3 rings (SSSR count). The molecule has 3 aliphatic rings. The van der Waals surface area contributed by atoms with Gasteiger partial charge in [-0.25, -0.2) is 0 Å². The minimum absolute atomic E-state index is 0.237. The number of aliphatic hydroxyl groups excluding tert-OH is 11. The smallest absolute Gasteiger partial charge is 0.220 e. The van der Waals surface area contributed by atoms with Crippen LogP contribution in [-0.4, -0.2) is 193 Å². The Bertz CT molecular complexity index is 2110. The summed E-state index contributed by atoms with van der Waals surface area (Å²) in [6.45, 7) is 1.75. The Balaban J connectivity index is 1.35. The number of carbonyl (C=O) groups excluding carboxylic acids is 1. The molecule has 0 bridgehead atoms. The molecular weight excluding hydrogens is 1320 g/mol. The lowest BCUT2D eigenvalue weighted by atomic mass is 9.96. The van der Waals surface area contributed by atoms with Gasteiger partial charge < -0.3 is 89.9 Å². The normalized spacial score (nSPS) is 26.2. The van der Waals surface area contributed by atoms with Crippen molar-refractivity contribution in [3.8, 4) is 0 Å². The second-order valence-corrected chi connectivity index (χ2v) is 30.3. The summed E-state index contributed by atoms with van der Waals surface area (Å²) >= 11 is 0. The summed E-state index contributed by atoms with van der Waals surface area (Å²) in [7, 11) is 0. The van der Waals surface area contributed by atoms with Crippen LogP contribution in [-0.2, 0) is 33.2 Å². The largest absolute Gasteiger partial charge is 0.394 e. The Labute approximate surface area is 630 Å². The molecule has 608 valence electrons. The van der Waals surface area contributed by atoms with Crippen LogP contribution in [0.5, 0.6) is 0 Å². The van der Waals surface area contributed by atoms with Crippen molar-refractivity contribution in [3.05, 3.63) is 60.8 Å². The maximum Gasteiger partial charge on any atom is 0.220 e. The zero-order valence-electron chi connectivity index (χ0n) is 65.3. The van der Waals surface area contributed by atoms with Crippen molar-refractivity contribution < 1.29 is 89.4 Å². The van der Waals surface area contributed by atoms with Crippen LogP contribution in [0, 0.1) is 0 Å². The lowest BCUT2D eigenvalue weighted by Crippen LogP contribution is -2.66. The third kappa shape index (κ3) is 44.4. The van der Waals surface area contributed by atoms with Gasteiger partial charge in [-0.3, -0.25) is 4.79 Å². The van der Waals surface area contributed by atoms with Crippen molar-refractivity contribution in [3.63, 3.8) is 0 Å². The molecule has 104 heavy (non-hydrogen) atoms. The van der Waals surface area contributed by atoms with E-state index in [0.717, 1.165) is 51.4 Å². The Morgan fingerprint density at radius 2 is 0.644 bits per heavy atom. The maximum atomic E-state index is 13.5. The van der Waals surface area contributed by atoms with E-state index in [2.05, 4.69) is 67.8 Å². The van der Waals surface area contributed by atoms with E-state index < -0.39 is 124 Å². The molecule has 17 unspecified atom stereocenters. The van der Waals surface area contributed by atoms with Gasteiger partial charge in [-0.2, -0.15) is 0 Å². The summed E-state index contributed by atoms with van der Waals surface area (Å²) < 4.78 is 34.5. The molecular formula is C85H155NO18. The molecule has 3 heterocycles. The Morgan fingerprint density at radius 3 is 1.03 bits per heavy atom. The van der Waals surface area contributed by atoms with Crippen LogP contribution in [0.1, 0.15) is 341 Å². The van der Waals surface area contributed by atoms with Gasteiger partial charge in [0.15, 0.2) is 18.9 Å². The molecule has 0 aromatic heterocycles. The van der Waals surface area contributed by atoms with Gasteiger partial charge in [0, 0.05) is 6.42 Å². The lowest BCUT2D eigenvalue weighted by molar-refractivity contribution is -0.379. The van der Waals surface area contributed by atoms with E-state index in [1.54, 1.807) is 6.08 Å². The number of allylic oxidation sites excluding steroid dienone is 9. The molecule has 0 aromatic rings. The van der Waals surface area contributed by atoms with E-state index in [9.17, 15) is 61.0 Å². The number of hydrogen-bond donors (Lipinski definition) is 12. The fourth-order valence-corrected chi connectivity index (χ4v) is 14.2. The highest BCUT2D eigenvalue weighted by Crippen LogP contribution is 2.33. The minimum atomic E-state index is -1.98. The monoisotopic (exact) mass is 1480 g/mol. The number of hydrogen-bond acceptors (Lipinski definition) is 18. The number of amides is 1. The molecule has 3 fully saturated rings. The highest BCUT2D eigenvalue weighted by Gasteiger charge is 2.54. The molecule has 0 aromatic carbocycles. The SMILES string of the molecule is CCCCCCC/C=C\C/C=C\C/C=C\CCCCCCCCCCCCCCCCCCCCCCC(=O)NC(COC1OC(CO)C(OC2OC(CO)C(OC3OC(CO)C(O)C(O)C3O)C(O)C2O)C(O)C1O)C(O)/C=C/CC/C=C/CCCCCCCCCCCCCCCCCCCC. The highest BCUT2D eigenvalue weighted by molar-refractivity contribution is 5.76. The van der Waals surface area contributed by atoms with E-state index in [1.807, 2.05) is 6.08 Å². The Morgan fingerprint density at radius 1 is 0.346 bits per heavy atom. The van der Waals surface area contributed by atoms with Crippen LogP contribution in [0.25, 0.3) is 0 Å². The van der Waals surface area contributed by atoms with Gasteiger partial charge >= 0.3 is 0 Å². The van der Waals surface area contributed by atoms with Gasteiger partial charge in [0.2, 0.25) is 5.91 Å². The third-order valence-corrected chi connectivity index (χ3v) is 21.0. The summed E-state index contributed by atoms with van der Waals surface area (Å²) in [4.78, 5) is 13.5. The number of ether oxygens (including phenoxy) is 6. The molecule has 19 nitrogen and oxygen atoms in total. The zero-order valence-corrected chi connectivity index (χ0v) is 65.3. The van der Waals surface area contributed by atoms with Gasteiger partial charge in [-0.1, -0.05) is 325 Å². The molecule has 3 saturated heterocycles. The van der Waals surface area contributed by atoms with Crippen molar-refractivity contribution in [2.24, 2.45) is 0 Å². The molecule has 1 amide bonds. The summed E-state index contributed by atoms with van der Waals surface area (Å²) in [6.07, 6.45) is 57.9. The number of carbonyl (C=O) groups is 1. The first-order chi connectivity index (χ1) is 50.8. The first kappa shape index (κ1) is 95.7. The average Bonchev–Trinajstić information content (AvgIpc) is 0.783. The van der Waals surface area contributed by atoms with E-state index in [-0.39, 0.29) is 18.9 Å². The van der Waals surface area contributed by atoms with Crippen LogP contribution < -0.4 is 5.32 Å². The van der Waals surface area contributed by atoms with E-state index in [4.69, 9.17) is 28.4 Å². The second kappa shape index (κ2) is 65.2. The van der Waals surface area contributed by atoms with Gasteiger partial charge in [0.1, 0.15) is 73.2 Å². The van der Waals surface area contributed by atoms with Crippen molar-refractivity contribution in [2.45, 2.75) is 446 Å². The van der Waals surface area contributed by atoms with Crippen LogP contribution in [0.3, 0.4) is 0 Å². The molecule has 0 aliphatic carbocycles. The van der Waals surface area contributed by atoms with Crippen LogP contribution >= 0.6 is 0 Å². The van der Waals surface area contributed by atoms with Crippen LogP contribution in [0.15, 0.2) is 60.8 Å². The van der Waals surface area contributed by atoms with Gasteiger partial charge in [-0.15, -0.1) is 0 Å². The molecule has 17 atom stereocenters. The molecule has 0 saturated carbocycles. The number of nitrogens with one attached hydrogen (secondary N) is 1. The first-order valence-corrected chi connectivity index (χ1v) is 42.5. The van der Waals surface area contributed by atoms with Gasteiger partial charge in [0.25, 0.3) is 0 Å². The van der Waals surface area contributed by atoms with Crippen molar-refractivity contribution >= 4 is 5.91 Å². The Kier molecular flexibility index (Phi) is 60.0. The predicted octanol–water partition coefficient (Wildman–Crippen LogP) is 15.0. The Hall–Kier alpha value is -2.51. The van der Waals surface area contributed by atoms with Crippen LogP contribution in [0.4, 0.5) is 0 Å². The summed E-state index contributed by atoms with van der Waals surface area (Å²) in [6, 6.07) is -0.992. The summed E-state index contributed by atoms with van der Waals surface area (Å²) in [5.41, 5.74) is 0. The molecule has 12 N–H and O–H groups in total. The predicted molar refractivity (Wildman–Crippen MR) is 415 cm³/mol. The van der Waals surface area contributed by atoms with Crippen LogP contribution in [0.2, 0.25) is 0 Å². The zero-order chi connectivity index (χ0) is 75.3. The fraction of sp³-hybridized carbons (Fsp3) is 0.871. The summed E-state index contributed by atoms with van der Waals surface area (Å²) in [5.74, 6) is -0.280. The number of rotatable bonds is 68. The molecule has 19 heteroatoms. The molecule has 0 spiro atoms. The standard InChI is InChI=1S/C85H155NO18/c1-3-5-7-9-11-13-15-17-19-21-23-25-27-29-30-31-32-33-34-35-36-37-38-39-41-43-45-47-49-51-53-55-57-59-61-63-73(91)86-68(69(90)62-60-58-56-54-52-50-48-46-44-42-40-28-26-24-22-20-18-16-14-12-10-8-6-4-2)67-99-83-79(97)76(94)81(71(65-88)101-83)104-85-80(98)77(95)82(72(66-89)102-85)103-84-78(96)75(93)74(92)70(64-87)100-84/h15,17,21,23,27,29,52,54,60,62,68-72,74-85,87-90,92-98H,3-14,16,18-20,22,24-26,28,30-51,53,55-59,61,63-67H2,1-2H3,(H,86,91)/b17-15-,23-21-,29-27-,54-52+,62-60+. The van der Waals surface area contributed by atoms with Crippen molar-refractivity contribution in [1.29, 1.82) is 0 Å². The topological polar surface area (TPSA) is 307 Å². The third-order valence-electron chi connectivity index (χ3n) is 21.0. The number of unbranched alkanes of at least 4 members (excludes halogenated alkanes) is 44. The highest BCUT2D eigenvalue weighted by atomic mass is 16.8. The summed E-state index contributed by atoms with van der Waals surface area (Å²) in [5, 5.41) is 121. The van der Waals surface area contributed by atoms with Gasteiger partial charge in [-0.05, 0) is 70.6 Å². The van der Waals surface area contributed by atoms with Crippen molar-refractivity contribution in [2.75, 3.05) is 26.4 Å². The lowest BCUT2D eigenvalue weighted by Gasteiger charge is -2.48. The number of aliphatic hydroxyl groups is 11. The van der Waals surface area contributed by atoms with E-state index in [1.165, 1.54) is 257 Å². The fourth-order valence-electron chi connectivity index (χ4n) is 14.2. The van der Waals surface area contributed by atoms with E-state index in [0.29, 0.717) is 12.8 Å². The minimum Gasteiger partial charge on any atom is -0.394 e.